The highest BCUT2D eigenvalue weighted by molar-refractivity contribution is 7.20. The minimum absolute atomic E-state index is 0.0637. The Morgan fingerprint density at radius 2 is 2.19 bits per heavy atom. The molecule has 0 unspecified atom stereocenters. The topological polar surface area (TPSA) is 72.8 Å². The maximum atomic E-state index is 12.9. The van der Waals surface area contributed by atoms with Crippen LogP contribution in [-0.4, -0.2) is 21.5 Å². The van der Waals surface area contributed by atoms with Crippen LogP contribution in [0.15, 0.2) is 41.3 Å². The first-order valence-electron chi connectivity index (χ1n) is 8.10. The van der Waals surface area contributed by atoms with Crippen molar-refractivity contribution < 1.29 is 4.74 Å². The van der Waals surface area contributed by atoms with E-state index in [0.717, 1.165) is 26.9 Å². The molecule has 0 saturated carbocycles. The van der Waals surface area contributed by atoms with Gasteiger partial charge in [-0.15, -0.1) is 11.3 Å². The molecule has 6 nitrogen and oxygen atoms in total. The molecule has 130 valence electrons. The number of ether oxygens (including phenoxy) is 1. The summed E-state index contributed by atoms with van der Waals surface area (Å²) in [5.41, 5.74) is 2.39. The molecule has 0 aliphatic heterocycles. The maximum absolute atomic E-state index is 12.9. The fourth-order valence-corrected chi connectivity index (χ4v) is 4.24. The number of rotatable bonds is 4. The highest BCUT2D eigenvalue weighted by Crippen LogP contribution is 2.34. The van der Waals surface area contributed by atoms with E-state index in [1.165, 1.54) is 9.56 Å². The van der Waals surface area contributed by atoms with Gasteiger partial charge in [0, 0.05) is 16.8 Å². The molecule has 0 spiro atoms. The van der Waals surface area contributed by atoms with Crippen molar-refractivity contribution in [2.75, 3.05) is 7.11 Å². The van der Waals surface area contributed by atoms with E-state index in [0.29, 0.717) is 12.1 Å². The molecule has 0 aliphatic carbocycles. The summed E-state index contributed by atoms with van der Waals surface area (Å²) < 4.78 is 9.58. The average Bonchev–Trinajstić information content (AvgIpc) is 3.15. The first-order chi connectivity index (χ1) is 12.6. The molecular weight excluding hydrogens is 348 g/mol. The molecule has 3 heterocycles. The van der Waals surface area contributed by atoms with Gasteiger partial charge in [0.15, 0.2) is 0 Å². The number of thiophene rings is 1. The van der Waals surface area contributed by atoms with Crippen LogP contribution < -0.4 is 10.3 Å². The summed E-state index contributed by atoms with van der Waals surface area (Å²) in [5, 5.41) is 13.9. The van der Waals surface area contributed by atoms with Gasteiger partial charge < -0.3 is 9.30 Å². The molecule has 0 aliphatic rings. The molecule has 3 aromatic heterocycles. The van der Waals surface area contributed by atoms with Gasteiger partial charge in [0.2, 0.25) is 0 Å². The number of fused-ring (bicyclic) bond motifs is 3. The molecular formula is C19H16N4O2S. The maximum Gasteiger partial charge on any atom is 0.292 e. The summed E-state index contributed by atoms with van der Waals surface area (Å²) in [6, 6.07) is 11.9. The number of benzene rings is 1. The molecule has 0 radical (unpaired) electrons. The van der Waals surface area contributed by atoms with Gasteiger partial charge >= 0.3 is 0 Å². The number of hydrogen-bond donors (Lipinski definition) is 0. The second-order valence-electron chi connectivity index (χ2n) is 6.04. The van der Waals surface area contributed by atoms with E-state index in [9.17, 15) is 4.79 Å². The van der Waals surface area contributed by atoms with Crippen LogP contribution in [0.1, 0.15) is 10.4 Å². The Labute approximate surface area is 153 Å². The quantitative estimate of drug-likeness (QED) is 0.557. The number of nitrogens with zero attached hydrogens (tertiary/aromatic N) is 4. The smallest absolute Gasteiger partial charge is 0.292 e. The molecule has 4 aromatic rings. The largest absolute Gasteiger partial charge is 0.497 e. The van der Waals surface area contributed by atoms with Gasteiger partial charge in [0.05, 0.1) is 29.6 Å². The standard InChI is InChI=1S/C19H16N4O2S/c1-12-8-16-18(26-12)15-10-21-23(7-6-20)19(24)17(15)22(16)11-13-4-3-5-14(9-13)25-2/h3-5,8-10H,7,11H2,1-2H3. The lowest BCUT2D eigenvalue weighted by Gasteiger charge is -2.09. The van der Waals surface area contributed by atoms with Gasteiger partial charge in [-0.2, -0.15) is 10.4 Å². The molecule has 0 saturated heterocycles. The van der Waals surface area contributed by atoms with Crippen LogP contribution in [0.5, 0.6) is 5.75 Å². The predicted molar refractivity (Wildman–Crippen MR) is 102 cm³/mol. The highest BCUT2D eigenvalue weighted by Gasteiger charge is 2.18. The third kappa shape index (κ3) is 2.55. The van der Waals surface area contributed by atoms with Crippen LogP contribution in [0.25, 0.3) is 21.1 Å². The van der Waals surface area contributed by atoms with E-state index in [1.807, 2.05) is 34.9 Å². The van der Waals surface area contributed by atoms with Gasteiger partial charge in [-0.3, -0.25) is 4.79 Å². The van der Waals surface area contributed by atoms with Gasteiger partial charge in [0.1, 0.15) is 17.8 Å². The van der Waals surface area contributed by atoms with E-state index in [-0.39, 0.29) is 12.1 Å². The van der Waals surface area contributed by atoms with E-state index in [4.69, 9.17) is 10.00 Å². The molecule has 26 heavy (non-hydrogen) atoms. The van der Waals surface area contributed by atoms with Crippen LogP contribution >= 0.6 is 11.3 Å². The first-order valence-corrected chi connectivity index (χ1v) is 8.92. The normalized spacial score (nSPS) is 11.1. The lowest BCUT2D eigenvalue weighted by Crippen LogP contribution is -2.24. The van der Waals surface area contributed by atoms with E-state index < -0.39 is 0 Å². The number of hydrogen-bond acceptors (Lipinski definition) is 5. The monoisotopic (exact) mass is 364 g/mol. The first kappa shape index (κ1) is 16.4. The Kier molecular flexibility index (Phi) is 3.98. The summed E-state index contributed by atoms with van der Waals surface area (Å²) in [7, 11) is 1.64. The predicted octanol–water partition coefficient (Wildman–Crippen LogP) is 3.30. The fourth-order valence-electron chi connectivity index (χ4n) is 3.22. The van der Waals surface area contributed by atoms with E-state index in [2.05, 4.69) is 18.1 Å². The fraction of sp³-hybridized carbons (Fsp3) is 0.211. The molecule has 0 N–H and O–H groups in total. The van der Waals surface area contributed by atoms with Crippen molar-refractivity contribution in [1.29, 1.82) is 5.26 Å². The number of aromatic nitrogens is 3. The van der Waals surface area contributed by atoms with Crippen molar-refractivity contribution in [3.05, 3.63) is 57.3 Å². The molecule has 0 fully saturated rings. The van der Waals surface area contributed by atoms with Crippen molar-refractivity contribution in [3.8, 4) is 11.8 Å². The third-order valence-electron chi connectivity index (χ3n) is 4.35. The van der Waals surface area contributed by atoms with E-state index >= 15 is 0 Å². The van der Waals surface area contributed by atoms with Crippen molar-refractivity contribution in [1.82, 2.24) is 14.3 Å². The zero-order chi connectivity index (χ0) is 18.3. The summed E-state index contributed by atoms with van der Waals surface area (Å²) in [5.74, 6) is 0.778. The summed E-state index contributed by atoms with van der Waals surface area (Å²) in [6.45, 7) is 2.53. The summed E-state index contributed by atoms with van der Waals surface area (Å²) in [6.07, 6.45) is 1.69. The van der Waals surface area contributed by atoms with Crippen LogP contribution in [0.4, 0.5) is 0 Å². The Balaban J connectivity index is 1.99. The Morgan fingerprint density at radius 1 is 1.35 bits per heavy atom. The lowest BCUT2D eigenvalue weighted by atomic mass is 10.2. The summed E-state index contributed by atoms with van der Waals surface area (Å²) >= 11 is 1.65. The lowest BCUT2D eigenvalue weighted by molar-refractivity contribution is 0.414. The average molecular weight is 364 g/mol. The second kappa shape index (κ2) is 6.32. The van der Waals surface area contributed by atoms with Crippen LogP contribution in [0.2, 0.25) is 0 Å². The third-order valence-corrected chi connectivity index (χ3v) is 5.43. The van der Waals surface area contributed by atoms with Gasteiger partial charge in [-0.1, -0.05) is 12.1 Å². The second-order valence-corrected chi connectivity index (χ2v) is 7.29. The SMILES string of the molecule is COc1cccc(Cn2c3cc(C)sc3c3cnn(CC#N)c(=O)c32)c1. The van der Waals surface area contributed by atoms with Crippen LogP contribution in [-0.2, 0) is 13.1 Å². The Hall–Kier alpha value is -3.11. The molecule has 4 rings (SSSR count). The van der Waals surface area contributed by atoms with Crippen LogP contribution in [0, 0.1) is 18.3 Å². The van der Waals surface area contributed by atoms with Crippen molar-refractivity contribution in [2.45, 2.75) is 20.0 Å². The van der Waals surface area contributed by atoms with Gasteiger partial charge in [-0.25, -0.2) is 4.68 Å². The van der Waals surface area contributed by atoms with Gasteiger partial charge in [0.25, 0.3) is 5.56 Å². The zero-order valence-corrected chi connectivity index (χ0v) is 15.2. The minimum atomic E-state index is -0.243. The molecule has 0 atom stereocenters. The van der Waals surface area contributed by atoms with Crippen molar-refractivity contribution in [3.63, 3.8) is 0 Å². The highest BCUT2D eigenvalue weighted by atomic mass is 32.1. The zero-order valence-electron chi connectivity index (χ0n) is 14.4. The number of methoxy groups -OCH3 is 1. The molecule has 1 aromatic carbocycles. The van der Waals surface area contributed by atoms with Gasteiger partial charge in [-0.05, 0) is 30.7 Å². The number of aryl methyl sites for hydroxylation is 1. The molecule has 0 amide bonds. The van der Waals surface area contributed by atoms with Crippen LogP contribution in [0.3, 0.4) is 0 Å². The Morgan fingerprint density at radius 3 is 2.96 bits per heavy atom. The summed E-state index contributed by atoms with van der Waals surface area (Å²) in [4.78, 5) is 14.1. The van der Waals surface area contributed by atoms with E-state index in [1.54, 1.807) is 24.6 Å². The minimum Gasteiger partial charge on any atom is -0.497 e. The Bertz CT molecular complexity index is 1230. The number of nitriles is 1. The molecule has 0 bridgehead atoms. The molecule has 7 heteroatoms. The van der Waals surface area contributed by atoms with Crippen molar-refractivity contribution >= 4 is 32.5 Å². The van der Waals surface area contributed by atoms with Crippen molar-refractivity contribution in [2.24, 2.45) is 0 Å².